The summed E-state index contributed by atoms with van der Waals surface area (Å²) in [5.74, 6) is 2.18. The third kappa shape index (κ3) is 3.42. The van der Waals surface area contributed by atoms with Crippen LogP contribution in [0.1, 0.15) is 13.3 Å². The first-order valence-corrected chi connectivity index (χ1v) is 2.56. The molecule has 9 heavy (non-hydrogen) atoms. The number of hydrogen-bond donors (Lipinski definition) is 1. The molecule has 0 rings (SSSR count). The molecule has 0 aliphatic rings. The van der Waals surface area contributed by atoms with Crippen LogP contribution in [0.4, 0.5) is 4.79 Å². The maximum absolute atomic E-state index is 9.81. The second-order valence-corrected chi connectivity index (χ2v) is 1.45. The number of ether oxygens (including phenoxy) is 1. The summed E-state index contributed by atoms with van der Waals surface area (Å²) in [4.78, 5) is 9.81. The number of carboxylic acid groups (broad SMARTS) is 1. The Kier molecular flexibility index (Phi) is 3.29. The fraction of sp³-hybridized carbons (Fsp3) is 0.500. The highest BCUT2D eigenvalue weighted by Crippen LogP contribution is 1.94. The van der Waals surface area contributed by atoms with E-state index in [9.17, 15) is 4.79 Å². The van der Waals surface area contributed by atoms with Gasteiger partial charge in [0.1, 0.15) is 0 Å². The van der Waals surface area contributed by atoms with E-state index in [1.807, 2.05) is 0 Å². The molecule has 0 aromatic heterocycles. The first-order chi connectivity index (χ1) is 4.20. The molecule has 50 valence electrons. The van der Waals surface area contributed by atoms with Gasteiger partial charge < -0.3 is 9.84 Å². The van der Waals surface area contributed by atoms with Crippen LogP contribution in [0, 0.1) is 12.3 Å². The summed E-state index contributed by atoms with van der Waals surface area (Å²) < 4.78 is 4.23. The molecule has 3 heteroatoms. The summed E-state index contributed by atoms with van der Waals surface area (Å²) in [6, 6.07) is 0. The zero-order valence-corrected chi connectivity index (χ0v) is 5.13. The Morgan fingerprint density at radius 2 is 2.56 bits per heavy atom. The van der Waals surface area contributed by atoms with Gasteiger partial charge in [0, 0.05) is 0 Å². The Morgan fingerprint density at radius 3 is 2.67 bits per heavy atom. The van der Waals surface area contributed by atoms with Gasteiger partial charge in [-0.25, -0.2) is 4.79 Å². The van der Waals surface area contributed by atoms with Crippen molar-refractivity contribution >= 4 is 6.16 Å². The third-order valence-corrected chi connectivity index (χ3v) is 0.800. The Hall–Kier alpha value is -1.17. The van der Waals surface area contributed by atoms with Crippen LogP contribution in [0.5, 0.6) is 0 Å². The molecule has 1 N–H and O–H groups in total. The number of terminal acetylenes is 1. The van der Waals surface area contributed by atoms with E-state index < -0.39 is 12.3 Å². The normalized spacial score (nSPS) is 11.6. The molecule has 0 saturated carbocycles. The van der Waals surface area contributed by atoms with Crippen molar-refractivity contribution in [2.75, 3.05) is 0 Å². The molecule has 0 aliphatic heterocycles. The van der Waals surface area contributed by atoms with Crippen LogP contribution in [0.25, 0.3) is 0 Å². The van der Waals surface area contributed by atoms with Crippen molar-refractivity contribution in [3.05, 3.63) is 0 Å². The molecule has 1 atom stereocenters. The molecule has 0 aliphatic carbocycles. The molecule has 0 amide bonds. The Balaban J connectivity index is 3.60. The van der Waals surface area contributed by atoms with Gasteiger partial charge in [-0.05, 0) is 6.42 Å². The lowest BCUT2D eigenvalue weighted by Gasteiger charge is -2.04. The van der Waals surface area contributed by atoms with Crippen LogP contribution in [-0.4, -0.2) is 17.4 Å². The van der Waals surface area contributed by atoms with Gasteiger partial charge in [-0.15, -0.1) is 6.42 Å². The van der Waals surface area contributed by atoms with E-state index in [1.165, 1.54) is 0 Å². The lowest BCUT2D eigenvalue weighted by Crippen LogP contribution is -2.12. The van der Waals surface area contributed by atoms with E-state index in [0.29, 0.717) is 6.42 Å². The van der Waals surface area contributed by atoms with Crippen LogP contribution in [-0.2, 0) is 4.74 Å². The lowest BCUT2D eigenvalue weighted by atomic mass is 10.3. The van der Waals surface area contributed by atoms with Gasteiger partial charge in [-0.1, -0.05) is 12.8 Å². The molecule has 0 saturated heterocycles. The quantitative estimate of drug-likeness (QED) is 0.447. The van der Waals surface area contributed by atoms with Gasteiger partial charge >= 0.3 is 6.16 Å². The van der Waals surface area contributed by atoms with Crippen LogP contribution >= 0.6 is 0 Å². The molecule has 0 aromatic carbocycles. The van der Waals surface area contributed by atoms with E-state index in [1.54, 1.807) is 6.92 Å². The highest BCUT2D eigenvalue weighted by molar-refractivity contribution is 5.57. The molecule has 0 heterocycles. The molecule has 0 radical (unpaired) electrons. The van der Waals surface area contributed by atoms with E-state index >= 15 is 0 Å². The summed E-state index contributed by atoms with van der Waals surface area (Å²) in [6.45, 7) is 1.76. The maximum atomic E-state index is 9.81. The minimum atomic E-state index is -1.32. The minimum Gasteiger partial charge on any atom is -0.450 e. The van der Waals surface area contributed by atoms with Gasteiger partial charge in [0.25, 0.3) is 0 Å². The Bertz CT molecular complexity index is 134. The molecule has 3 nitrogen and oxygen atoms in total. The second kappa shape index (κ2) is 3.79. The van der Waals surface area contributed by atoms with Crippen molar-refractivity contribution in [3.63, 3.8) is 0 Å². The molecule has 0 spiro atoms. The average molecular weight is 128 g/mol. The zero-order valence-electron chi connectivity index (χ0n) is 5.13. The summed E-state index contributed by atoms with van der Waals surface area (Å²) >= 11 is 0. The second-order valence-electron chi connectivity index (χ2n) is 1.45. The topological polar surface area (TPSA) is 46.5 Å². The number of carbonyl (C=O) groups is 1. The highest BCUT2D eigenvalue weighted by Gasteiger charge is 2.05. The summed E-state index contributed by atoms with van der Waals surface area (Å²) in [7, 11) is 0. The summed E-state index contributed by atoms with van der Waals surface area (Å²) in [6.07, 6.45) is 3.50. The first-order valence-electron chi connectivity index (χ1n) is 2.56. The van der Waals surface area contributed by atoms with Crippen molar-refractivity contribution in [1.29, 1.82) is 0 Å². The van der Waals surface area contributed by atoms with Gasteiger partial charge in [0.15, 0.2) is 6.10 Å². The molecule has 0 fully saturated rings. The minimum absolute atomic E-state index is 0.517. The van der Waals surface area contributed by atoms with Crippen molar-refractivity contribution in [1.82, 2.24) is 0 Å². The fourth-order valence-electron chi connectivity index (χ4n) is 0.357. The lowest BCUT2D eigenvalue weighted by molar-refractivity contribution is 0.0712. The van der Waals surface area contributed by atoms with Crippen LogP contribution in [0.3, 0.4) is 0 Å². The monoisotopic (exact) mass is 128 g/mol. The SMILES string of the molecule is C#CC(CC)OC(=O)O. The Labute approximate surface area is 53.6 Å². The maximum Gasteiger partial charge on any atom is 0.507 e. The van der Waals surface area contributed by atoms with Crippen molar-refractivity contribution < 1.29 is 14.6 Å². The van der Waals surface area contributed by atoms with Gasteiger partial charge in [0.05, 0.1) is 0 Å². The van der Waals surface area contributed by atoms with E-state index in [2.05, 4.69) is 10.7 Å². The molecular weight excluding hydrogens is 120 g/mol. The fourth-order valence-corrected chi connectivity index (χ4v) is 0.357. The van der Waals surface area contributed by atoms with Gasteiger partial charge in [0.2, 0.25) is 0 Å². The summed E-state index contributed by atoms with van der Waals surface area (Å²) in [5.41, 5.74) is 0. The number of hydrogen-bond acceptors (Lipinski definition) is 2. The number of rotatable bonds is 2. The zero-order chi connectivity index (χ0) is 7.28. The van der Waals surface area contributed by atoms with E-state index in [4.69, 9.17) is 11.5 Å². The average Bonchev–Trinajstić information content (AvgIpc) is 1.82. The molecule has 0 aromatic rings. The molecule has 0 bridgehead atoms. The largest absolute Gasteiger partial charge is 0.507 e. The summed E-state index contributed by atoms with van der Waals surface area (Å²) in [5, 5.41) is 8.03. The highest BCUT2D eigenvalue weighted by atomic mass is 16.7. The van der Waals surface area contributed by atoms with Crippen molar-refractivity contribution in [3.8, 4) is 12.3 Å². The van der Waals surface area contributed by atoms with Crippen LogP contribution in [0.2, 0.25) is 0 Å². The molecule has 1 unspecified atom stereocenters. The van der Waals surface area contributed by atoms with E-state index in [0.717, 1.165) is 0 Å². The predicted octanol–water partition coefficient (Wildman–Crippen LogP) is 1.09. The van der Waals surface area contributed by atoms with Gasteiger partial charge in [-0.3, -0.25) is 0 Å². The predicted molar refractivity (Wildman–Crippen MR) is 32.0 cm³/mol. The molecular formula is C6H8O3. The smallest absolute Gasteiger partial charge is 0.450 e. The standard InChI is InChI=1S/C6H8O3/c1-3-5(4-2)9-6(7)8/h1,5H,4H2,2H3,(H,7,8). The third-order valence-electron chi connectivity index (χ3n) is 0.800. The van der Waals surface area contributed by atoms with Gasteiger partial charge in [-0.2, -0.15) is 0 Å². The van der Waals surface area contributed by atoms with Crippen LogP contribution in [0.15, 0.2) is 0 Å². The van der Waals surface area contributed by atoms with E-state index in [-0.39, 0.29) is 0 Å². The Morgan fingerprint density at radius 1 is 2.00 bits per heavy atom. The first kappa shape index (κ1) is 7.83. The van der Waals surface area contributed by atoms with Crippen molar-refractivity contribution in [2.24, 2.45) is 0 Å². The van der Waals surface area contributed by atoms with Crippen molar-refractivity contribution in [2.45, 2.75) is 19.4 Å². The van der Waals surface area contributed by atoms with Crippen LogP contribution < -0.4 is 0 Å².